The summed E-state index contributed by atoms with van der Waals surface area (Å²) in [5.41, 5.74) is 7.71. The Labute approximate surface area is 174 Å². The van der Waals surface area contributed by atoms with Crippen LogP contribution >= 0.6 is 11.3 Å². The second-order valence-corrected chi connectivity index (χ2v) is 8.02. The van der Waals surface area contributed by atoms with Gasteiger partial charge in [0.1, 0.15) is 18.8 Å². The fraction of sp³-hybridized carbons (Fsp3) is 0.450. The van der Waals surface area contributed by atoms with Crippen molar-refractivity contribution in [2.24, 2.45) is 11.7 Å². The topological polar surface area (TPSA) is 115 Å². The lowest BCUT2D eigenvalue weighted by molar-refractivity contribution is -0.0132. The van der Waals surface area contributed by atoms with E-state index in [0.29, 0.717) is 6.54 Å². The van der Waals surface area contributed by atoms with Crippen LogP contribution in [0.25, 0.3) is 0 Å². The lowest BCUT2D eigenvalue weighted by Gasteiger charge is -2.29. The molecule has 3 N–H and O–H groups in total. The van der Waals surface area contributed by atoms with E-state index in [-0.39, 0.29) is 25.5 Å². The highest BCUT2D eigenvalue weighted by molar-refractivity contribution is 7.09. The number of hydrogen-bond donors (Lipinski definition) is 2. The summed E-state index contributed by atoms with van der Waals surface area (Å²) in [6.07, 6.45) is -1.64. The van der Waals surface area contributed by atoms with Crippen molar-refractivity contribution in [3.8, 4) is 0 Å². The number of carbonyl (C=O) groups excluding carboxylic acids is 2. The number of aromatic nitrogens is 1. The van der Waals surface area contributed by atoms with Crippen molar-refractivity contribution in [3.63, 3.8) is 0 Å². The third kappa shape index (κ3) is 8.08. The van der Waals surface area contributed by atoms with E-state index in [9.17, 15) is 14.7 Å². The Bertz CT molecular complexity index is 755. The molecule has 0 saturated carbocycles. The molecule has 2 unspecified atom stereocenters. The molecular weight excluding hydrogens is 394 g/mol. The highest BCUT2D eigenvalue weighted by Crippen LogP contribution is 2.14. The van der Waals surface area contributed by atoms with Crippen molar-refractivity contribution >= 4 is 23.5 Å². The average Bonchev–Trinajstić information content (AvgIpc) is 3.18. The maximum Gasteiger partial charge on any atom is 0.410 e. The molecule has 2 rings (SSSR count). The van der Waals surface area contributed by atoms with E-state index < -0.39 is 24.4 Å². The standard InChI is InChI=1S/C20H27N3O5S/c1-14(2)10-23(20(26)27-12-16-9-22-13-29-16)11-17(24)18(28-19(21)25)8-15-6-4-3-5-7-15/h3-7,9,13-14,17-18,24H,8,10-12H2,1-2H3,(H2,21,25). The predicted octanol–water partition coefficient (Wildman–Crippen LogP) is 2.81. The van der Waals surface area contributed by atoms with Crippen molar-refractivity contribution < 1.29 is 24.2 Å². The quantitative estimate of drug-likeness (QED) is 0.610. The fourth-order valence-electron chi connectivity index (χ4n) is 2.80. The Hall–Kier alpha value is -2.65. The lowest BCUT2D eigenvalue weighted by Crippen LogP contribution is -2.46. The van der Waals surface area contributed by atoms with Crippen LogP contribution in [0.5, 0.6) is 0 Å². The third-order valence-electron chi connectivity index (χ3n) is 4.05. The molecule has 1 heterocycles. The number of aliphatic hydroxyl groups is 1. The van der Waals surface area contributed by atoms with Crippen LogP contribution in [0.2, 0.25) is 0 Å². The number of carbonyl (C=O) groups is 2. The molecule has 0 aliphatic rings. The molecule has 0 fully saturated rings. The van der Waals surface area contributed by atoms with Gasteiger partial charge in [-0.15, -0.1) is 11.3 Å². The molecule has 8 nitrogen and oxygen atoms in total. The molecule has 29 heavy (non-hydrogen) atoms. The number of aliphatic hydroxyl groups excluding tert-OH is 1. The summed E-state index contributed by atoms with van der Waals surface area (Å²) in [5.74, 6) is 0.155. The molecule has 0 bridgehead atoms. The Morgan fingerprint density at radius 1 is 1.24 bits per heavy atom. The average molecular weight is 422 g/mol. The van der Waals surface area contributed by atoms with Gasteiger partial charge in [-0.05, 0) is 11.5 Å². The predicted molar refractivity (Wildman–Crippen MR) is 109 cm³/mol. The minimum Gasteiger partial charge on any atom is -0.444 e. The van der Waals surface area contributed by atoms with E-state index >= 15 is 0 Å². The third-order valence-corrected chi connectivity index (χ3v) is 4.80. The van der Waals surface area contributed by atoms with Gasteiger partial charge in [0.05, 0.1) is 16.9 Å². The van der Waals surface area contributed by atoms with Crippen molar-refractivity contribution in [1.82, 2.24) is 9.88 Å². The number of benzene rings is 1. The molecule has 2 amide bonds. The van der Waals surface area contributed by atoms with Crippen LogP contribution in [-0.4, -0.2) is 52.5 Å². The van der Waals surface area contributed by atoms with Crippen LogP contribution in [0, 0.1) is 5.92 Å². The van der Waals surface area contributed by atoms with Crippen molar-refractivity contribution in [3.05, 3.63) is 52.5 Å². The molecule has 0 radical (unpaired) electrons. The summed E-state index contributed by atoms with van der Waals surface area (Å²) in [6.45, 7) is 4.35. The van der Waals surface area contributed by atoms with Gasteiger partial charge in [-0.1, -0.05) is 44.2 Å². The first-order chi connectivity index (χ1) is 13.8. The number of nitrogens with zero attached hydrogens (tertiary/aromatic N) is 2. The number of hydrogen-bond acceptors (Lipinski definition) is 7. The second-order valence-electron chi connectivity index (χ2n) is 7.05. The number of nitrogens with two attached hydrogens (primary N) is 1. The Morgan fingerprint density at radius 3 is 2.55 bits per heavy atom. The summed E-state index contributed by atoms with van der Waals surface area (Å²) in [6, 6.07) is 9.29. The summed E-state index contributed by atoms with van der Waals surface area (Å²) >= 11 is 1.39. The number of primary amides is 1. The first-order valence-corrected chi connectivity index (χ1v) is 10.2. The zero-order chi connectivity index (χ0) is 21.2. The van der Waals surface area contributed by atoms with E-state index in [0.717, 1.165) is 10.4 Å². The molecule has 2 atom stereocenters. The van der Waals surface area contributed by atoms with Gasteiger partial charge in [0, 0.05) is 19.2 Å². The van der Waals surface area contributed by atoms with E-state index in [1.165, 1.54) is 16.2 Å². The fourth-order valence-corrected chi connectivity index (χ4v) is 3.30. The number of amides is 2. The zero-order valence-electron chi connectivity index (χ0n) is 16.6. The van der Waals surface area contributed by atoms with E-state index in [1.807, 2.05) is 44.2 Å². The van der Waals surface area contributed by atoms with Gasteiger partial charge in [-0.2, -0.15) is 0 Å². The smallest absolute Gasteiger partial charge is 0.410 e. The van der Waals surface area contributed by atoms with Gasteiger partial charge in [-0.25, -0.2) is 9.59 Å². The zero-order valence-corrected chi connectivity index (χ0v) is 17.4. The molecule has 1 aromatic carbocycles. The maximum atomic E-state index is 12.6. The van der Waals surface area contributed by atoms with Crippen molar-refractivity contribution in [1.29, 1.82) is 0 Å². The van der Waals surface area contributed by atoms with Gasteiger partial charge < -0.3 is 25.2 Å². The van der Waals surface area contributed by atoms with Gasteiger partial charge >= 0.3 is 12.2 Å². The Kier molecular flexibility index (Phi) is 8.88. The molecule has 0 saturated heterocycles. The number of ether oxygens (including phenoxy) is 2. The van der Waals surface area contributed by atoms with E-state index in [2.05, 4.69) is 4.98 Å². The lowest BCUT2D eigenvalue weighted by atomic mass is 10.0. The molecular formula is C20H27N3O5S. The Balaban J connectivity index is 2.04. The molecule has 0 aliphatic carbocycles. The summed E-state index contributed by atoms with van der Waals surface area (Å²) < 4.78 is 10.5. The van der Waals surface area contributed by atoms with E-state index in [1.54, 1.807) is 11.7 Å². The molecule has 1 aromatic heterocycles. The number of rotatable bonds is 10. The molecule has 0 spiro atoms. The highest BCUT2D eigenvalue weighted by atomic mass is 32.1. The molecule has 9 heteroatoms. The minimum absolute atomic E-state index is 0.0511. The van der Waals surface area contributed by atoms with Gasteiger partial charge in [0.25, 0.3) is 0 Å². The SMILES string of the molecule is CC(C)CN(CC(O)C(Cc1ccccc1)OC(N)=O)C(=O)OCc1cncs1. The highest BCUT2D eigenvalue weighted by Gasteiger charge is 2.28. The van der Waals surface area contributed by atoms with Crippen LogP contribution in [0.1, 0.15) is 24.3 Å². The van der Waals surface area contributed by atoms with E-state index in [4.69, 9.17) is 15.2 Å². The maximum absolute atomic E-state index is 12.6. The van der Waals surface area contributed by atoms with Crippen LogP contribution in [0.15, 0.2) is 42.0 Å². The first-order valence-electron chi connectivity index (χ1n) is 9.32. The number of thiazole rings is 1. The van der Waals surface area contributed by atoms with Gasteiger partial charge in [0.15, 0.2) is 0 Å². The normalized spacial score (nSPS) is 13.0. The van der Waals surface area contributed by atoms with Crippen LogP contribution < -0.4 is 5.73 Å². The van der Waals surface area contributed by atoms with Crippen molar-refractivity contribution in [2.75, 3.05) is 13.1 Å². The van der Waals surface area contributed by atoms with Crippen LogP contribution in [0.3, 0.4) is 0 Å². The van der Waals surface area contributed by atoms with Crippen LogP contribution in [-0.2, 0) is 22.5 Å². The largest absolute Gasteiger partial charge is 0.444 e. The van der Waals surface area contributed by atoms with Gasteiger partial charge in [-0.3, -0.25) is 4.98 Å². The van der Waals surface area contributed by atoms with Gasteiger partial charge in [0.2, 0.25) is 0 Å². The summed E-state index contributed by atoms with van der Waals surface area (Å²) in [5, 5.41) is 10.7. The second kappa shape index (κ2) is 11.4. The molecule has 158 valence electrons. The monoisotopic (exact) mass is 421 g/mol. The van der Waals surface area contributed by atoms with Crippen molar-refractivity contribution in [2.45, 2.75) is 39.1 Å². The summed E-state index contributed by atoms with van der Waals surface area (Å²) in [4.78, 5) is 30.1. The molecule has 0 aliphatic heterocycles. The minimum atomic E-state index is -1.13. The molecule has 2 aromatic rings. The van der Waals surface area contributed by atoms with Crippen LogP contribution in [0.4, 0.5) is 9.59 Å². The summed E-state index contributed by atoms with van der Waals surface area (Å²) in [7, 11) is 0. The Morgan fingerprint density at radius 2 is 1.97 bits per heavy atom. The first kappa shape index (κ1) is 22.6.